The summed E-state index contributed by atoms with van der Waals surface area (Å²) in [6.45, 7) is 6.13. The number of carbonyl (C=O) groups is 1. The zero-order chi connectivity index (χ0) is 13.1. The number of aliphatic carboxylic acids is 1. The molecule has 4 heteroatoms. The Kier molecular flexibility index (Phi) is 4.71. The average molecular weight is 255 g/mol. The Morgan fingerprint density at radius 1 is 1.47 bits per heavy atom. The van der Waals surface area contributed by atoms with Crippen molar-refractivity contribution in [2.45, 2.75) is 33.6 Å². The second-order valence-electron chi connectivity index (χ2n) is 4.72. The first-order valence-corrected chi connectivity index (χ1v) is 6.79. The number of hydrogen-bond acceptors (Lipinski definition) is 3. The van der Waals surface area contributed by atoms with Gasteiger partial charge in [-0.1, -0.05) is 20.8 Å². The van der Waals surface area contributed by atoms with E-state index in [4.69, 9.17) is 5.73 Å². The van der Waals surface area contributed by atoms with Crippen LogP contribution in [0.4, 0.5) is 0 Å². The van der Waals surface area contributed by atoms with Gasteiger partial charge in [-0.15, -0.1) is 11.3 Å². The zero-order valence-corrected chi connectivity index (χ0v) is 11.5. The highest BCUT2D eigenvalue weighted by atomic mass is 32.1. The summed E-state index contributed by atoms with van der Waals surface area (Å²) in [5.74, 6) is -0.765. The summed E-state index contributed by atoms with van der Waals surface area (Å²) in [5, 5.41) is 9.44. The third-order valence-corrected chi connectivity index (χ3v) is 4.68. The summed E-state index contributed by atoms with van der Waals surface area (Å²) in [5.41, 5.74) is 4.88. The molecule has 0 saturated carbocycles. The average Bonchev–Trinajstić information content (AvgIpc) is 2.72. The summed E-state index contributed by atoms with van der Waals surface area (Å²) in [6.07, 6.45) is 1.52. The van der Waals surface area contributed by atoms with E-state index in [0.29, 0.717) is 6.42 Å². The molecule has 1 aromatic rings. The van der Waals surface area contributed by atoms with Crippen molar-refractivity contribution in [1.82, 2.24) is 0 Å². The van der Waals surface area contributed by atoms with Crippen molar-refractivity contribution < 1.29 is 9.90 Å². The normalized spacial score (nSPS) is 14.9. The highest BCUT2D eigenvalue weighted by Gasteiger charge is 2.40. The van der Waals surface area contributed by atoms with Crippen molar-refractivity contribution in [2.75, 3.05) is 6.54 Å². The van der Waals surface area contributed by atoms with Gasteiger partial charge in [-0.25, -0.2) is 0 Å². The van der Waals surface area contributed by atoms with E-state index in [1.54, 1.807) is 11.3 Å². The van der Waals surface area contributed by atoms with Crippen molar-refractivity contribution in [3.05, 3.63) is 21.9 Å². The lowest BCUT2D eigenvalue weighted by Gasteiger charge is -2.31. The number of hydrogen-bond donors (Lipinski definition) is 2. The van der Waals surface area contributed by atoms with Crippen LogP contribution in [0.25, 0.3) is 0 Å². The van der Waals surface area contributed by atoms with Crippen LogP contribution in [0.3, 0.4) is 0 Å². The highest BCUT2D eigenvalue weighted by molar-refractivity contribution is 7.12. The molecule has 1 aromatic heterocycles. The van der Waals surface area contributed by atoms with E-state index in [0.717, 1.165) is 11.3 Å². The van der Waals surface area contributed by atoms with E-state index >= 15 is 0 Å². The van der Waals surface area contributed by atoms with Gasteiger partial charge in [0.2, 0.25) is 0 Å². The monoisotopic (exact) mass is 255 g/mol. The van der Waals surface area contributed by atoms with Gasteiger partial charge in [0.15, 0.2) is 0 Å². The molecule has 3 N–H and O–H groups in total. The van der Waals surface area contributed by atoms with Crippen LogP contribution < -0.4 is 5.73 Å². The van der Waals surface area contributed by atoms with Crippen LogP contribution in [0.5, 0.6) is 0 Å². The van der Waals surface area contributed by atoms with Gasteiger partial charge >= 0.3 is 5.97 Å². The molecule has 0 bridgehead atoms. The molecule has 0 spiro atoms. The molecule has 1 atom stereocenters. The molecule has 0 aliphatic rings. The minimum atomic E-state index is -0.837. The first-order chi connectivity index (χ1) is 7.96. The molecule has 0 aromatic carbocycles. The largest absolute Gasteiger partial charge is 0.481 e. The maximum absolute atomic E-state index is 11.5. The minimum absolute atomic E-state index is 0.0252. The first-order valence-electron chi connectivity index (χ1n) is 5.97. The predicted octanol–water partition coefficient (Wildman–Crippen LogP) is 2.54. The highest BCUT2D eigenvalue weighted by Crippen LogP contribution is 2.33. The lowest BCUT2D eigenvalue weighted by atomic mass is 9.74. The number of rotatable bonds is 6. The number of thiophene rings is 1. The Balaban J connectivity index is 2.97. The molecule has 0 fully saturated rings. The third-order valence-electron chi connectivity index (χ3n) is 3.45. The molecule has 1 rings (SSSR count). The molecular formula is C13H21NO2S. The Bertz CT molecular complexity index is 387. The fraction of sp³-hybridized carbons (Fsp3) is 0.615. The number of carboxylic acid groups (broad SMARTS) is 1. The molecule has 0 saturated heterocycles. The van der Waals surface area contributed by atoms with Crippen molar-refractivity contribution in [1.29, 1.82) is 0 Å². The van der Waals surface area contributed by atoms with Crippen LogP contribution in [0.2, 0.25) is 0 Å². The maximum Gasteiger partial charge on any atom is 0.311 e. The van der Waals surface area contributed by atoms with Crippen molar-refractivity contribution in [3.8, 4) is 0 Å². The Morgan fingerprint density at radius 2 is 2.06 bits per heavy atom. The summed E-state index contributed by atoms with van der Waals surface area (Å²) in [6, 6.07) is 4.10. The van der Waals surface area contributed by atoms with Crippen LogP contribution in [0.15, 0.2) is 12.1 Å². The van der Waals surface area contributed by atoms with Crippen LogP contribution >= 0.6 is 11.3 Å². The number of aryl methyl sites for hydroxylation is 1. The molecule has 96 valence electrons. The summed E-state index contributed by atoms with van der Waals surface area (Å²) in [4.78, 5) is 13.9. The van der Waals surface area contributed by atoms with Gasteiger partial charge in [0.25, 0.3) is 0 Å². The standard InChI is InChI=1S/C13H21NO2S/c1-4-10-5-6-11(17-10)7-13(8-14,9(2)3)12(15)16/h5-6,9H,4,7-8,14H2,1-3H3,(H,15,16). The van der Waals surface area contributed by atoms with Gasteiger partial charge in [-0.3, -0.25) is 4.79 Å². The molecule has 0 aliphatic heterocycles. The Labute approximate surface area is 107 Å². The fourth-order valence-corrected chi connectivity index (χ4v) is 3.02. The molecule has 0 amide bonds. The fourth-order valence-electron chi connectivity index (χ4n) is 1.94. The van der Waals surface area contributed by atoms with Crippen LogP contribution in [0, 0.1) is 11.3 Å². The summed E-state index contributed by atoms with van der Waals surface area (Å²) in [7, 11) is 0. The second-order valence-corrected chi connectivity index (χ2v) is 5.97. The molecule has 0 radical (unpaired) electrons. The van der Waals surface area contributed by atoms with Gasteiger partial charge in [0, 0.05) is 16.3 Å². The number of carboxylic acids is 1. The molecule has 1 heterocycles. The van der Waals surface area contributed by atoms with E-state index in [-0.39, 0.29) is 12.5 Å². The van der Waals surface area contributed by atoms with Gasteiger partial charge < -0.3 is 10.8 Å². The predicted molar refractivity (Wildman–Crippen MR) is 71.4 cm³/mol. The lowest BCUT2D eigenvalue weighted by molar-refractivity contribution is -0.151. The van der Waals surface area contributed by atoms with E-state index in [1.807, 2.05) is 19.9 Å². The lowest BCUT2D eigenvalue weighted by Crippen LogP contribution is -2.44. The van der Waals surface area contributed by atoms with Crippen molar-refractivity contribution in [2.24, 2.45) is 17.1 Å². The first kappa shape index (κ1) is 14.2. The smallest absolute Gasteiger partial charge is 0.311 e. The minimum Gasteiger partial charge on any atom is -0.481 e. The van der Waals surface area contributed by atoms with E-state index < -0.39 is 11.4 Å². The van der Waals surface area contributed by atoms with Crippen molar-refractivity contribution in [3.63, 3.8) is 0 Å². The van der Waals surface area contributed by atoms with Gasteiger partial charge in [-0.05, 0) is 30.9 Å². The second kappa shape index (κ2) is 5.65. The number of nitrogens with two attached hydrogens (primary N) is 1. The Hall–Kier alpha value is -0.870. The SMILES string of the molecule is CCc1ccc(CC(CN)(C(=O)O)C(C)C)s1. The summed E-state index contributed by atoms with van der Waals surface area (Å²) >= 11 is 1.69. The van der Waals surface area contributed by atoms with Crippen LogP contribution in [-0.2, 0) is 17.6 Å². The molecule has 0 aliphatic carbocycles. The van der Waals surface area contributed by atoms with Crippen molar-refractivity contribution >= 4 is 17.3 Å². The molecule has 1 unspecified atom stereocenters. The Morgan fingerprint density at radius 3 is 2.41 bits per heavy atom. The third kappa shape index (κ3) is 2.87. The van der Waals surface area contributed by atoms with Gasteiger partial charge in [-0.2, -0.15) is 0 Å². The van der Waals surface area contributed by atoms with Crippen LogP contribution in [0.1, 0.15) is 30.5 Å². The zero-order valence-electron chi connectivity index (χ0n) is 10.7. The summed E-state index contributed by atoms with van der Waals surface area (Å²) < 4.78 is 0. The molecular weight excluding hydrogens is 234 g/mol. The topological polar surface area (TPSA) is 63.3 Å². The van der Waals surface area contributed by atoms with Gasteiger partial charge in [0.05, 0.1) is 5.41 Å². The quantitative estimate of drug-likeness (QED) is 0.821. The van der Waals surface area contributed by atoms with E-state index in [2.05, 4.69) is 13.0 Å². The van der Waals surface area contributed by atoms with Gasteiger partial charge in [0.1, 0.15) is 0 Å². The maximum atomic E-state index is 11.5. The van der Waals surface area contributed by atoms with Crippen LogP contribution in [-0.4, -0.2) is 17.6 Å². The molecule has 3 nitrogen and oxygen atoms in total. The molecule has 17 heavy (non-hydrogen) atoms. The van der Waals surface area contributed by atoms with E-state index in [9.17, 15) is 9.90 Å². The van der Waals surface area contributed by atoms with E-state index in [1.165, 1.54) is 4.88 Å².